The quantitative estimate of drug-likeness (QED) is 0.919. The first-order chi connectivity index (χ1) is 9.22. The van der Waals surface area contributed by atoms with Gasteiger partial charge in [-0.05, 0) is 34.3 Å². The fourth-order valence-corrected chi connectivity index (χ4v) is 3.18. The number of halogens is 1. The Morgan fingerprint density at radius 2 is 1.79 bits per heavy atom. The molecule has 4 heteroatoms. The molecule has 2 N–H and O–H groups in total. The van der Waals surface area contributed by atoms with E-state index in [0.717, 1.165) is 23.1 Å². The number of nitrogens with zero attached hydrogens (tertiary/aromatic N) is 2. The number of nitrogen functional groups attached to an aromatic ring is 1. The van der Waals surface area contributed by atoms with Gasteiger partial charge in [-0.3, -0.25) is 0 Å². The zero-order chi connectivity index (χ0) is 13.3. The molecular formula is C15H16BrN3. The number of aromatic nitrogens is 2. The van der Waals surface area contributed by atoms with Crippen LogP contribution in [0.4, 0.5) is 5.82 Å². The molecule has 98 valence electrons. The minimum Gasteiger partial charge on any atom is -0.383 e. The maximum Gasteiger partial charge on any atom is 0.141 e. The summed E-state index contributed by atoms with van der Waals surface area (Å²) in [5.41, 5.74) is 7.17. The summed E-state index contributed by atoms with van der Waals surface area (Å²) in [5.74, 6) is 1.38. The molecule has 0 unspecified atom stereocenters. The van der Waals surface area contributed by atoms with Crippen LogP contribution in [0.3, 0.4) is 0 Å². The fourth-order valence-electron chi connectivity index (χ4n) is 2.99. The predicted molar refractivity (Wildman–Crippen MR) is 79.8 cm³/mol. The van der Waals surface area contributed by atoms with Crippen LogP contribution in [0.1, 0.15) is 37.1 Å². The summed E-state index contributed by atoms with van der Waals surface area (Å²) in [6.45, 7) is 0. The first-order valence-corrected chi connectivity index (χ1v) is 7.36. The molecule has 1 heterocycles. The van der Waals surface area contributed by atoms with Gasteiger partial charge in [0, 0.05) is 6.20 Å². The highest BCUT2D eigenvalue weighted by atomic mass is 79.9. The van der Waals surface area contributed by atoms with E-state index in [1.54, 1.807) is 6.20 Å². The normalized spacial score (nSPS) is 17.5. The molecule has 1 aromatic heterocycles. The molecule has 19 heavy (non-hydrogen) atoms. The molecule has 0 aliphatic heterocycles. The van der Waals surface area contributed by atoms with E-state index in [-0.39, 0.29) is 5.41 Å². The van der Waals surface area contributed by atoms with Crippen molar-refractivity contribution in [3.63, 3.8) is 0 Å². The van der Waals surface area contributed by atoms with Crippen molar-refractivity contribution in [3.8, 4) is 0 Å². The van der Waals surface area contributed by atoms with Gasteiger partial charge in [-0.1, -0.05) is 43.2 Å². The van der Waals surface area contributed by atoms with Crippen molar-refractivity contribution in [2.24, 2.45) is 0 Å². The first kappa shape index (κ1) is 12.6. The Kier molecular flexibility index (Phi) is 3.27. The van der Waals surface area contributed by atoms with Gasteiger partial charge in [0.15, 0.2) is 0 Å². The molecule has 0 atom stereocenters. The molecule has 1 fully saturated rings. The summed E-state index contributed by atoms with van der Waals surface area (Å²) in [6, 6.07) is 10.6. The summed E-state index contributed by atoms with van der Waals surface area (Å²) in [6.07, 6.45) is 6.39. The van der Waals surface area contributed by atoms with Gasteiger partial charge in [0.25, 0.3) is 0 Å². The van der Waals surface area contributed by atoms with E-state index in [4.69, 9.17) is 5.73 Å². The third-order valence-electron chi connectivity index (χ3n) is 3.98. The van der Waals surface area contributed by atoms with Gasteiger partial charge in [-0.2, -0.15) is 0 Å². The molecule has 3 rings (SSSR count). The Morgan fingerprint density at radius 1 is 1.11 bits per heavy atom. The highest BCUT2D eigenvalue weighted by molar-refractivity contribution is 9.10. The Labute approximate surface area is 121 Å². The molecule has 1 aliphatic carbocycles. The molecule has 0 amide bonds. The van der Waals surface area contributed by atoms with Crippen LogP contribution in [0.2, 0.25) is 0 Å². The number of hydrogen-bond donors (Lipinski definition) is 1. The van der Waals surface area contributed by atoms with Crippen molar-refractivity contribution in [1.29, 1.82) is 0 Å². The zero-order valence-corrected chi connectivity index (χ0v) is 12.2. The second-order valence-corrected chi connectivity index (χ2v) is 5.94. The summed E-state index contributed by atoms with van der Waals surface area (Å²) in [5, 5.41) is 0. The number of rotatable bonds is 2. The maximum atomic E-state index is 5.93. The van der Waals surface area contributed by atoms with E-state index in [1.165, 1.54) is 18.4 Å². The third kappa shape index (κ3) is 2.14. The van der Waals surface area contributed by atoms with Gasteiger partial charge in [0.2, 0.25) is 0 Å². The van der Waals surface area contributed by atoms with Crippen LogP contribution < -0.4 is 5.73 Å². The topological polar surface area (TPSA) is 51.8 Å². The lowest BCUT2D eigenvalue weighted by molar-refractivity contribution is 0.499. The average molecular weight is 318 g/mol. The van der Waals surface area contributed by atoms with Crippen molar-refractivity contribution in [1.82, 2.24) is 9.97 Å². The van der Waals surface area contributed by atoms with E-state index >= 15 is 0 Å². The third-order valence-corrected chi connectivity index (χ3v) is 4.59. The second-order valence-electron chi connectivity index (χ2n) is 5.08. The second kappa shape index (κ2) is 4.93. The molecule has 3 nitrogen and oxygen atoms in total. The van der Waals surface area contributed by atoms with E-state index in [1.807, 2.05) is 6.07 Å². The van der Waals surface area contributed by atoms with Gasteiger partial charge < -0.3 is 5.73 Å². The Bertz CT molecular complexity index is 577. The van der Waals surface area contributed by atoms with Crippen LogP contribution in [0, 0.1) is 0 Å². The first-order valence-electron chi connectivity index (χ1n) is 6.56. The average Bonchev–Trinajstić information content (AvgIpc) is 2.93. The molecule has 0 saturated heterocycles. The SMILES string of the molecule is Nc1nc(C2(c3ccccc3)CCCC2)ncc1Br. The zero-order valence-electron chi connectivity index (χ0n) is 10.6. The fraction of sp³-hybridized carbons (Fsp3) is 0.333. The highest BCUT2D eigenvalue weighted by Crippen LogP contribution is 2.45. The molecule has 0 spiro atoms. The lowest BCUT2D eigenvalue weighted by atomic mass is 9.78. The summed E-state index contributed by atoms with van der Waals surface area (Å²) >= 11 is 3.36. The van der Waals surface area contributed by atoms with Gasteiger partial charge in [-0.25, -0.2) is 9.97 Å². The largest absolute Gasteiger partial charge is 0.383 e. The van der Waals surface area contributed by atoms with Crippen LogP contribution in [0.5, 0.6) is 0 Å². The van der Waals surface area contributed by atoms with Crippen molar-refractivity contribution >= 4 is 21.7 Å². The van der Waals surface area contributed by atoms with Gasteiger partial charge in [0.05, 0.1) is 9.89 Å². The van der Waals surface area contributed by atoms with Crippen molar-refractivity contribution in [2.45, 2.75) is 31.1 Å². The van der Waals surface area contributed by atoms with Gasteiger partial charge >= 0.3 is 0 Å². The van der Waals surface area contributed by atoms with E-state index in [9.17, 15) is 0 Å². The lowest BCUT2D eigenvalue weighted by Gasteiger charge is -2.28. The molecule has 2 aromatic rings. The van der Waals surface area contributed by atoms with Crippen molar-refractivity contribution < 1.29 is 0 Å². The summed E-state index contributed by atoms with van der Waals surface area (Å²) in [4.78, 5) is 9.05. The smallest absolute Gasteiger partial charge is 0.141 e. The number of benzene rings is 1. The maximum absolute atomic E-state index is 5.93. The molecule has 0 radical (unpaired) electrons. The number of anilines is 1. The van der Waals surface area contributed by atoms with Crippen LogP contribution in [0.15, 0.2) is 41.0 Å². The van der Waals surface area contributed by atoms with Crippen molar-refractivity contribution in [3.05, 3.63) is 52.4 Å². The molecule has 1 aromatic carbocycles. The van der Waals surface area contributed by atoms with Crippen LogP contribution >= 0.6 is 15.9 Å². The van der Waals surface area contributed by atoms with E-state index in [2.05, 4.69) is 50.2 Å². The minimum absolute atomic E-state index is 0.0594. The van der Waals surface area contributed by atoms with Crippen LogP contribution in [0.25, 0.3) is 0 Å². The predicted octanol–water partition coefficient (Wildman–Crippen LogP) is 3.68. The van der Waals surface area contributed by atoms with Gasteiger partial charge in [-0.15, -0.1) is 0 Å². The Morgan fingerprint density at radius 3 is 2.42 bits per heavy atom. The molecule has 1 saturated carbocycles. The standard InChI is InChI=1S/C15H16BrN3/c16-12-10-18-14(19-13(12)17)15(8-4-5-9-15)11-6-2-1-3-7-11/h1-3,6-7,10H,4-5,8-9H2,(H2,17,18,19). The number of hydrogen-bond acceptors (Lipinski definition) is 3. The number of nitrogens with two attached hydrogens (primary N) is 1. The van der Waals surface area contributed by atoms with E-state index < -0.39 is 0 Å². The van der Waals surface area contributed by atoms with Crippen LogP contribution in [-0.2, 0) is 5.41 Å². The molecule has 1 aliphatic rings. The lowest BCUT2D eigenvalue weighted by Crippen LogP contribution is -2.27. The monoisotopic (exact) mass is 317 g/mol. The Hall–Kier alpha value is -1.42. The van der Waals surface area contributed by atoms with Gasteiger partial charge in [0.1, 0.15) is 11.6 Å². The van der Waals surface area contributed by atoms with E-state index in [0.29, 0.717) is 5.82 Å². The minimum atomic E-state index is -0.0594. The van der Waals surface area contributed by atoms with Crippen LogP contribution in [-0.4, -0.2) is 9.97 Å². The summed E-state index contributed by atoms with van der Waals surface area (Å²) < 4.78 is 0.762. The summed E-state index contributed by atoms with van der Waals surface area (Å²) in [7, 11) is 0. The Balaban J connectivity index is 2.13. The highest BCUT2D eigenvalue weighted by Gasteiger charge is 2.40. The molecular weight excluding hydrogens is 302 g/mol. The van der Waals surface area contributed by atoms with Crippen molar-refractivity contribution in [2.75, 3.05) is 5.73 Å². The molecule has 0 bridgehead atoms.